The van der Waals surface area contributed by atoms with Crippen LogP contribution in [0.5, 0.6) is 0 Å². The van der Waals surface area contributed by atoms with Crippen LogP contribution in [0.4, 0.5) is 10.2 Å². The van der Waals surface area contributed by atoms with Crippen molar-refractivity contribution in [3.8, 4) is 0 Å². The van der Waals surface area contributed by atoms with E-state index >= 15 is 0 Å². The van der Waals surface area contributed by atoms with Gasteiger partial charge in [-0.3, -0.25) is 4.79 Å². The SMILES string of the molecule is O=c1cc2c(nn1CC1CN(c3ncncc3F)C1)CCC2. The van der Waals surface area contributed by atoms with E-state index in [9.17, 15) is 9.18 Å². The molecule has 22 heavy (non-hydrogen) atoms. The Bertz CT molecular complexity index is 769. The molecule has 0 N–H and O–H groups in total. The third-order valence-electron chi connectivity index (χ3n) is 4.36. The van der Waals surface area contributed by atoms with Crippen molar-refractivity contribution in [2.24, 2.45) is 5.92 Å². The predicted octanol–water partition coefficient (Wildman–Crippen LogP) is 0.797. The fourth-order valence-corrected chi connectivity index (χ4v) is 3.21. The Morgan fingerprint density at radius 1 is 1.32 bits per heavy atom. The third kappa shape index (κ3) is 2.26. The molecular formula is C15H16FN5O. The number of hydrogen-bond donors (Lipinski definition) is 0. The van der Waals surface area contributed by atoms with E-state index in [1.807, 2.05) is 4.90 Å². The molecule has 4 rings (SSSR count). The summed E-state index contributed by atoms with van der Waals surface area (Å²) < 4.78 is 15.2. The number of hydrogen-bond acceptors (Lipinski definition) is 5. The molecule has 114 valence electrons. The quantitative estimate of drug-likeness (QED) is 0.839. The molecular weight excluding hydrogens is 285 g/mol. The molecule has 3 heterocycles. The van der Waals surface area contributed by atoms with E-state index in [2.05, 4.69) is 15.1 Å². The lowest BCUT2D eigenvalue weighted by molar-refractivity contribution is 0.328. The highest BCUT2D eigenvalue weighted by molar-refractivity contribution is 5.41. The first-order valence-corrected chi connectivity index (χ1v) is 7.51. The molecule has 0 saturated carbocycles. The van der Waals surface area contributed by atoms with E-state index in [0.717, 1.165) is 30.5 Å². The van der Waals surface area contributed by atoms with Crippen LogP contribution in [0.2, 0.25) is 0 Å². The summed E-state index contributed by atoms with van der Waals surface area (Å²) in [4.78, 5) is 21.5. The van der Waals surface area contributed by atoms with E-state index in [-0.39, 0.29) is 5.56 Å². The maximum Gasteiger partial charge on any atom is 0.267 e. The Morgan fingerprint density at radius 2 is 2.18 bits per heavy atom. The van der Waals surface area contributed by atoms with Gasteiger partial charge >= 0.3 is 0 Å². The minimum absolute atomic E-state index is 0.0349. The Morgan fingerprint density at radius 3 is 3.00 bits per heavy atom. The van der Waals surface area contributed by atoms with Crippen LogP contribution < -0.4 is 10.5 Å². The predicted molar refractivity (Wildman–Crippen MR) is 78.2 cm³/mol. The summed E-state index contributed by atoms with van der Waals surface area (Å²) in [5.41, 5.74) is 2.12. The number of fused-ring (bicyclic) bond motifs is 1. The van der Waals surface area contributed by atoms with Gasteiger partial charge in [0, 0.05) is 25.1 Å². The van der Waals surface area contributed by atoms with Gasteiger partial charge in [-0.25, -0.2) is 19.0 Å². The van der Waals surface area contributed by atoms with Crippen molar-refractivity contribution in [1.29, 1.82) is 0 Å². The zero-order chi connectivity index (χ0) is 15.1. The van der Waals surface area contributed by atoms with Gasteiger partial charge in [0.25, 0.3) is 5.56 Å². The molecule has 0 amide bonds. The molecule has 1 fully saturated rings. The van der Waals surface area contributed by atoms with Gasteiger partial charge < -0.3 is 4.90 Å². The topological polar surface area (TPSA) is 63.9 Å². The lowest BCUT2D eigenvalue weighted by Gasteiger charge is -2.40. The fourth-order valence-electron chi connectivity index (χ4n) is 3.21. The van der Waals surface area contributed by atoms with Crippen LogP contribution >= 0.6 is 0 Å². The summed E-state index contributed by atoms with van der Waals surface area (Å²) in [6.07, 6.45) is 5.51. The Hall–Kier alpha value is -2.31. The van der Waals surface area contributed by atoms with Crippen LogP contribution in [0.1, 0.15) is 17.7 Å². The average Bonchev–Trinajstić information content (AvgIpc) is 2.90. The first-order valence-electron chi connectivity index (χ1n) is 7.51. The molecule has 2 aromatic rings. The molecule has 1 aliphatic carbocycles. The Labute approximate surface area is 126 Å². The van der Waals surface area contributed by atoms with Crippen LogP contribution in [0.3, 0.4) is 0 Å². The second kappa shape index (κ2) is 5.15. The highest BCUT2D eigenvalue weighted by Crippen LogP contribution is 2.25. The normalized spacial score (nSPS) is 17.4. The lowest BCUT2D eigenvalue weighted by atomic mass is 10.0. The highest BCUT2D eigenvalue weighted by Gasteiger charge is 2.30. The maximum absolute atomic E-state index is 13.6. The van der Waals surface area contributed by atoms with Gasteiger partial charge in [0.15, 0.2) is 11.6 Å². The van der Waals surface area contributed by atoms with E-state index in [4.69, 9.17) is 0 Å². The van der Waals surface area contributed by atoms with Gasteiger partial charge in [-0.05, 0) is 24.8 Å². The van der Waals surface area contributed by atoms with Crippen LogP contribution in [0.15, 0.2) is 23.4 Å². The maximum atomic E-state index is 13.6. The van der Waals surface area contributed by atoms with Gasteiger partial charge in [0.2, 0.25) is 0 Å². The molecule has 6 nitrogen and oxygen atoms in total. The smallest absolute Gasteiger partial charge is 0.267 e. The van der Waals surface area contributed by atoms with Crippen molar-refractivity contribution in [2.45, 2.75) is 25.8 Å². The Balaban J connectivity index is 1.45. The summed E-state index contributed by atoms with van der Waals surface area (Å²) >= 11 is 0. The first-order chi connectivity index (χ1) is 10.7. The van der Waals surface area contributed by atoms with Gasteiger partial charge in [0.05, 0.1) is 18.4 Å². The molecule has 1 aliphatic heterocycles. The number of aryl methyl sites for hydroxylation is 2. The molecule has 0 atom stereocenters. The molecule has 2 aromatic heterocycles. The fraction of sp³-hybridized carbons (Fsp3) is 0.467. The summed E-state index contributed by atoms with van der Waals surface area (Å²) in [5.74, 6) is 0.216. The zero-order valence-corrected chi connectivity index (χ0v) is 12.1. The zero-order valence-electron chi connectivity index (χ0n) is 12.1. The van der Waals surface area contributed by atoms with E-state index < -0.39 is 5.82 Å². The van der Waals surface area contributed by atoms with Gasteiger partial charge in [-0.2, -0.15) is 5.10 Å². The molecule has 0 aromatic carbocycles. The van der Waals surface area contributed by atoms with E-state index in [1.54, 1.807) is 10.7 Å². The number of rotatable bonds is 3. The lowest BCUT2D eigenvalue weighted by Crippen LogP contribution is -2.50. The molecule has 0 unspecified atom stereocenters. The minimum Gasteiger partial charge on any atom is -0.353 e. The second-order valence-corrected chi connectivity index (χ2v) is 5.96. The van der Waals surface area contributed by atoms with Crippen molar-refractivity contribution in [2.75, 3.05) is 18.0 Å². The summed E-state index contributed by atoms with van der Waals surface area (Å²) in [6.45, 7) is 1.94. The van der Waals surface area contributed by atoms with Crippen molar-refractivity contribution in [3.05, 3.63) is 46.0 Å². The van der Waals surface area contributed by atoms with Gasteiger partial charge in [-0.15, -0.1) is 0 Å². The van der Waals surface area contributed by atoms with E-state index in [0.29, 0.717) is 31.4 Å². The number of aromatic nitrogens is 4. The molecule has 1 saturated heterocycles. The third-order valence-corrected chi connectivity index (χ3v) is 4.36. The van der Waals surface area contributed by atoms with Crippen LogP contribution in [-0.4, -0.2) is 32.8 Å². The monoisotopic (exact) mass is 301 g/mol. The van der Waals surface area contributed by atoms with Crippen LogP contribution in [0, 0.1) is 11.7 Å². The Kier molecular flexibility index (Phi) is 3.13. The molecule has 0 spiro atoms. The van der Waals surface area contributed by atoms with Crippen molar-refractivity contribution >= 4 is 5.82 Å². The van der Waals surface area contributed by atoms with Crippen molar-refractivity contribution in [3.63, 3.8) is 0 Å². The number of nitrogens with zero attached hydrogens (tertiary/aromatic N) is 5. The highest BCUT2D eigenvalue weighted by atomic mass is 19.1. The summed E-state index contributed by atoms with van der Waals surface area (Å²) in [6, 6.07) is 1.72. The molecule has 0 radical (unpaired) electrons. The standard InChI is InChI=1S/C15H16FN5O/c16-12-5-17-9-18-15(12)20-6-10(7-20)8-21-14(22)4-11-2-1-3-13(11)19-21/h4-5,9-10H,1-3,6-8H2. The summed E-state index contributed by atoms with van der Waals surface area (Å²) in [7, 11) is 0. The van der Waals surface area contributed by atoms with Crippen molar-refractivity contribution in [1.82, 2.24) is 19.7 Å². The van der Waals surface area contributed by atoms with Gasteiger partial charge in [-0.1, -0.05) is 0 Å². The summed E-state index contributed by atoms with van der Waals surface area (Å²) in [5, 5.41) is 4.48. The minimum atomic E-state index is -0.409. The molecule has 7 heteroatoms. The molecule has 0 bridgehead atoms. The van der Waals surface area contributed by atoms with Crippen LogP contribution in [-0.2, 0) is 19.4 Å². The number of halogens is 1. The van der Waals surface area contributed by atoms with Crippen LogP contribution in [0.25, 0.3) is 0 Å². The largest absolute Gasteiger partial charge is 0.353 e. The van der Waals surface area contributed by atoms with E-state index in [1.165, 1.54) is 12.5 Å². The van der Waals surface area contributed by atoms with Crippen molar-refractivity contribution < 1.29 is 4.39 Å². The molecule has 2 aliphatic rings. The first kappa shape index (κ1) is 13.4. The second-order valence-electron chi connectivity index (χ2n) is 5.96. The van der Waals surface area contributed by atoms with Gasteiger partial charge in [0.1, 0.15) is 6.33 Å². The number of anilines is 1. The average molecular weight is 301 g/mol.